The fourth-order valence-electron chi connectivity index (χ4n) is 5.25. The maximum absolute atomic E-state index is 5.08. The van der Waals surface area contributed by atoms with Crippen molar-refractivity contribution in [3.05, 3.63) is 0 Å². The van der Waals surface area contributed by atoms with Crippen LogP contribution in [0.5, 0.6) is 0 Å². The molecule has 0 atom stereocenters. The molecule has 0 aliphatic heterocycles. The monoisotopic (exact) mass is 273 g/mol. The van der Waals surface area contributed by atoms with E-state index in [4.69, 9.17) is 4.74 Å². The lowest BCUT2D eigenvalue weighted by atomic mass is 9.49. The summed E-state index contributed by atoms with van der Waals surface area (Å²) in [5.74, 6) is 3.29. The highest BCUT2D eigenvalue weighted by molar-refractivity contribution is 5.85. The van der Waals surface area contributed by atoms with Gasteiger partial charge in [0.1, 0.15) is 0 Å². The molecule has 1 N–H and O–H groups in total. The van der Waals surface area contributed by atoms with Crippen LogP contribution in [0.25, 0.3) is 0 Å². The highest BCUT2D eigenvalue weighted by Gasteiger charge is 2.50. The Morgan fingerprint density at radius 3 is 2.06 bits per heavy atom. The fourth-order valence-corrected chi connectivity index (χ4v) is 5.25. The summed E-state index contributed by atoms with van der Waals surface area (Å²) in [5, 5.41) is 3.54. The zero-order valence-electron chi connectivity index (χ0n) is 11.6. The highest BCUT2D eigenvalue weighted by atomic mass is 35.5. The van der Waals surface area contributed by atoms with Crippen LogP contribution in [0, 0.1) is 23.2 Å². The minimum Gasteiger partial charge on any atom is -0.383 e. The maximum Gasteiger partial charge on any atom is 0.0587 e. The van der Waals surface area contributed by atoms with Gasteiger partial charge in [-0.1, -0.05) is 0 Å². The van der Waals surface area contributed by atoms with Gasteiger partial charge in [-0.3, -0.25) is 0 Å². The van der Waals surface area contributed by atoms with Gasteiger partial charge in [0.05, 0.1) is 6.61 Å². The topological polar surface area (TPSA) is 21.3 Å². The average Bonchev–Trinajstić information content (AvgIpc) is 2.26. The van der Waals surface area contributed by atoms with Crippen LogP contribution in [0.1, 0.15) is 44.9 Å². The van der Waals surface area contributed by atoms with Crippen LogP contribution in [0.2, 0.25) is 0 Å². The number of ether oxygens (including phenoxy) is 1. The number of rotatable bonds is 6. The zero-order valence-corrected chi connectivity index (χ0v) is 12.4. The van der Waals surface area contributed by atoms with Crippen LogP contribution < -0.4 is 5.32 Å². The Morgan fingerprint density at radius 2 is 1.56 bits per heavy atom. The van der Waals surface area contributed by atoms with Gasteiger partial charge in [0.25, 0.3) is 0 Å². The Bertz CT molecular complexity index is 234. The largest absolute Gasteiger partial charge is 0.383 e. The molecule has 0 heterocycles. The Kier molecular flexibility index (Phi) is 4.96. The van der Waals surface area contributed by atoms with Crippen molar-refractivity contribution < 1.29 is 4.74 Å². The molecule has 4 fully saturated rings. The summed E-state index contributed by atoms with van der Waals surface area (Å²) in [6.45, 7) is 3.07. The van der Waals surface area contributed by atoms with Gasteiger partial charge in [-0.15, -0.1) is 12.4 Å². The molecule has 0 aromatic heterocycles. The molecule has 4 aliphatic carbocycles. The van der Waals surface area contributed by atoms with Crippen molar-refractivity contribution >= 4 is 12.4 Å². The summed E-state index contributed by atoms with van der Waals surface area (Å²) in [6.07, 6.45) is 10.8. The van der Waals surface area contributed by atoms with Gasteiger partial charge in [-0.25, -0.2) is 0 Å². The smallest absolute Gasteiger partial charge is 0.0587 e. The van der Waals surface area contributed by atoms with Crippen molar-refractivity contribution in [1.82, 2.24) is 5.32 Å². The first-order valence-electron chi connectivity index (χ1n) is 7.49. The summed E-state index contributed by atoms with van der Waals surface area (Å²) in [6, 6.07) is 0. The molecule has 0 unspecified atom stereocenters. The van der Waals surface area contributed by atoms with Crippen molar-refractivity contribution in [2.75, 3.05) is 26.8 Å². The van der Waals surface area contributed by atoms with E-state index in [9.17, 15) is 0 Å². The van der Waals surface area contributed by atoms with Gasteiger partial charge in [0.2, 0.25) is 0 Å². The van der Waals surface area contributed by atoms with E-state index in [1.54, 1.807) is 45.6 Å². The van der Waals surface area contributed by atoms with Gasteiger partial charge in [0.15, 0.2) is 0 Å². The van der Waals surface area contributed by atoms with Crippen LogP contribution in [0.4, 0.5) is 0 Å². The molecule has 0 aromatic carbocycles. The molecule has 4 rings (SSSR count). The van der Waals surface area contributed by atoms with E-state index in [0.29, 0.717) is 0 Å². The molecule has 2 nitrogen and oxygen atoms in total. The van der Waals surface area contributed by atoms with Crippen molar-refractivity contribution in [2.45, 2.75) is 44.9 Å². The number of halogens is 1. The molecular formula is C15H28ClNO. The fraction of sp³-hybridized carbons (Fsp3) is 1.00. The molecule has 4 saturated carbocycles. The lowest BCUT2D eigenvalue weighted by Crippen LogP contribution is -2.47. The van der Waals surface area contributed by atoms with Gasteiger partial charge in [-0.2, -0.15) is 0 Å². The summed E-state index contributed by atoms with van der Waals surface area (Å²) >= 11 is 0. The van der Waals surface area contributed by atoms with E-state index < -0.39 is 0 Å². The highest BCUT2D eigenvalue weighted by Crippen LogP contribution is 2.61. The van der Waals surface area contributed by atoms with Crippen molar-refractivity contribution in [2.24, 2.45) is 23.2 Å². The molecule has 106 valence electrons. The second-order valence-electron chi connectivity index (χ2n) is 6.91. The number of nitrogens with one attached hydrogen (secondary N) is 1. The molecular weight excluding hydrogens is 246 g/mol. The number of hydrogen-bond donors (Lipinski definition) is 1. The van der Waals surface area contributed by atoms with Gasteiger partial charge in [-0.05, 0) is 74.7 Å². The summed E-state index contributed by atoms with van der Waals surface area (Å²) in [7, 11) is 1.78. The molecule has 0 amide bonds. The first-order valence-corrected chi connectivity index (χ1v) is 7.49. The van der Waals surface area contributed by atoms with Crippen molar-refractivity contribution in [1.29, 1.82) is 0 Å². The molecule has 3 heteroatoms. The van der Waals surface area contributed by atoms with E-state index in [1.807, 2.05) is 0 Å². The Balaban J connectivity index is 0.00000120. The lowest BCUT2D eigenvalue weighted by Gasteiger charge is -2.57. The molecule has 0 aromatic rings. The van der Waals surface area contributed by atoms with E-state index in [2.05, 4.69) is 5.32 Å². The first-order chi connectivity index (χ1) is 8.30. The van der Waals surface area contributed by atoms with Crippen molar-refractivity contribution in [3.8, 4) is 0 Å². The van der Waals surface area contributed by atoms with E-state index in [1.165, 1.54) is 13.0 Å². The quantitative estimate of drug-likeness (QED) is 0.750. The minimum atomic E-state index is 0. The van der Waals surface area contributed by atoms with Gasteiger partial charge >= 0.3 is 0 Å². The lowest BCUT2D eigenvalue weighted by molar-refractivity contribution is -0.0568. The third-order valence-corrected chi connectivity index (χ3v) is 5.48. The Labute approximate surface area is 118 Å². The van der Waals surface area contributed by atoms with Gasteiger partial charge in [0, 0.05) is 13.7 Å². The summed E-state index contributed by atoms with van der Waals surface area (Å²) in [4.78, 5) is 0. The molecule has 4 aliphatic rings. The minimum absolute atomic E-state index is 0. The molecule has 18 heavy (non-hydrogen) atoms. The average molecular weight is 274 g/mol. The summed E-state index contributed by atoms with van der Waals surface area (Å²) < 4.78 is 5.08. The predicted molar refractivity (Wildman–Crippen MR) is 77.2 cm³/mol. The SMILES string of the molecule is COCCNCCC12CC3CC(CC(C3)C1)C2.Cl. The maximum atomic E-state index is 5.08. The molecule has 0 radical (unpaired) electrons. The zero-order chi connectivity index (χ0) is 11.7. The Morgan fingerprint density at radius 1 is 1.00 bits per heavy atom. The van der Waals surface area contributed by atoms with Crippen LogP contribution in [0.15, 0.2) is 0 Å². The Hall–Kier alpha value is 0.210. The van der Waals surface area contributed by atoms with Crippen LogP contribution >= 0.6 is 12.4 Å². The molecule has 0 saturated heterocycles. The normalized spacial score (nSPS) is 40.8. The molecule has 4 bridgehead atoms. The van der Waals surface area contributed by atoms with E-state index >= 15 is 0 Å². The van der Waals surface area contributed by atoms with Crippen LogP contribution in [0.3, 0.4) is 0 Å². The van der Waals surface area contributed by atoms with Crippen LogP contribution in [-0.4, -0.2) is 26.8 Å². The second kappa shape index (κ2) is 6.11. The summed E-state index contributed by atoms with van der Waals surface area (Å²) in [5.41, 5.74) is 0.745. The van der Waals surface area contributed by atoms with E-state index in [0.717, 1.165) is 36.3 Å². The second-order valence-corrected chi connectivity index (χ2v) is 6.91. The first kappa shape index (κ1) is 14.6. The predicted octanol–water partition coefficient (Wildman–Crippen LogP) is 3.25. The van der Waals surface area contributed by atoms with E-state index in [-0.39, 0.29) is 12.4 Å². The number of hydrogen-bond acceptors (Lipinski definition) is 2. The van der Waals surface area contributed by atoms with Crippen molar-refractivity contribution in [3.63, 3.8) is 0 Å². The molecule has 0 spiro atoms. The van der Waals surface area contributed by atoms with Crippen LogP contribution in [-0.2, 0) is 4.74 Å². The van der Waals surface area contributed by atoms with Gasteiger partial charge < -0.3 is 10.1 Å². The third kappa shape index (κ3) is 3.02. The third-order valence-electron chi connectivity index (χ3n) is 5.48. The number of methoxy groups -OCH3 is 1. The standard InChI is InChI=1S/C15H27NO.ClH/c1-17-5-4-16-3-2-15-9-12-6-13(10-15)8-14(7-12)11-15;/h12-14,16H,2-11H2,1H3;1H.